The SMILES string of the molecule is CN(C)C(C)(C)C(=O)c1ccc2c(c1)C(C)(C)c1cc(C(=O)C(C)(C)N(C)C)ccc1O2. The van der Waals surface area contributed by atoms with E-state index >= 15 is 0 Å². The lowest BCUT2D eigenvalue weighted by Crippen LogP contribution is -2.46. The summed E-state index contributed by atoms with van der Waals surface area (Å²) in [6, 6.07) is 11.3. The van der Waals surface area contributed by atoms with Gasteiger partial charge in [0.2, 0.25) is 0 Å². The standard InChI is InChI=1S/C27H36N2O3/c1-25(2)19-15-17(23(30)26(3,4)28(7)8)11-13-21(19)32-22-14-12-18(16-20(22)25)24(31)27(5,6)29(9)10/h11-16H,1-10H3. The largest absolute Gasteiger partial charge is 0.457 e. The van der Waals surface area contributed by atoms with Crippen molar-refractivity contribution < 1.29 is 14.3 Å². The molecule has 1 heterocycles. The highest BCUT2D eigenvalue weighted by Gasteiger charge is 2.38. The van der Waals surface area contributed by atoms with Gasteiger partial charge in [0.15, 0.2) is 11.6 Å². The lowest BCUT2D eigenvalue weighted by Gasteiger charge is -2.36. The van der Waals surface area contributed by atoms with Crippen LogP contribution in [-0.4, -0.2) is 60.6 Å². The van der Waals surface area contributed by atoms with E-state index in [0.29, 0.717) is 11.1 Å². The number of carbonyl (C=O) groups is 2. The first kappa shape index (κ1) is 24.1. The average Bonchev–Trinajstić information content (AvgIpc) is 2.72. The molecule has 2 aromatic rings. The Kier molecular flexibility index (Phi) is 5.90. The van der Waals surface area contributed by atoms with Gasteiger partial charge >= 0.3 is 0 Å². The monoisotopic (exact) mass is 436 g/mol. The molecule has 2 aromatic carbocycles. The van der Waals surface area contributed by atoms with Crippen LogP contribution < -0.4 is 4.74 Å². The minimum atomic E-state index is -0.622. The number of fused-ring (bicyclic) bond motifs is 2. The number of ether oxygens (including phenoxy) is 1. The van der Waals surface area contributed by atoms with Gasteiger partial charge in [0.05, 0.1) is 11.1 Å². The summed E-state index contributed by atoms with van der Waals surface area (Å²) in [5.74, 6) is 1.61. The van der Waals surface area contributed by atoms with Crippen LogP contribution in [0.2, 0.25) is 0 Å². The van der Waals surface area contributed by atoms with Gasteiger partial charge in [0.25, 0.3) is 0 Å². The smallest absolute Gasteiger partial charge is 0.182 e. The van der Waals surface area contributed by atoms with Gasteiger partial charge in [0, 0.05) is 27.7 Å². The summed E-state index contributed by atoms with van der Waals surface area (Å²) in [7, 11) is 7.64. The lowest BCUT2D eigenvalue weighted by molar-refractivity contribution is 0.0750. The van der Waals surface area contributed by atoms with Crippen LogP contribution in [0.3, 0.4) is 0 Å². The van der Waals surface area contributed by atoms with Gasteiger partial charge in [-0.25, -0.2) is 0 Å². The average molecular weight is 437 g/mol. The summed E-state index contributed by atoms with van der Waals surface area (Å²) in [4.78, 5) is 30.3. The molecule has 0 spiro atoms. The molecule has 0 amide bonds. The number of rotatable bonds is 6. The summed E-state index contributed by atoms with van der Waals surface area (Å²) < 4.78 is 6.21. The van der Waals surface area contributed by atoms with Gasteiger partial charge in [-0.15, -0.1) is 0 Å². The van der Waals surface area contributed by atoms with Crippen LogP contribution >= 0.6 is 0 Å². The normalized spacial score (nSPS) is 15.2. The predicted octanol–water partition coefficient (Wildman–Crippen LogP) is 5.16. The third kappa shape index (κ3) is 3.78. The van der Waals surface area contributed by atoms with Gasteiger partial charge in [-0.2, -0.15) is 0 Å². The zero-order chi connectivity index (χ0) is 24.2. The number of benzene rings is 2. The van der Waals surface area contributed by atoms with Crippen molar-refractivity contribution in [2.75, 3.05) is 28.2 Å². The van der Waals surface area contributed by atoms with E-state index in [9.17, 15) is 9.59 Å². The summed E-state index contributed by atoms with van der Waals surface area (Å²) >= 11 is 0. The number of hydrogen-bond donors (Lipinski definition) is 0. The molecule has 0 fully saturated rings. The Labute approximate surface area is 192 Å². The first-order valence-electron chi connectivity index (χ1n) is 11.0. The van der Waals surface area contributed by atoms with Crippen molar-refractivity contribution in [1.29, 1.82) is 0 Å². The Balaban J connectivity index is 2.08. The van der Waals surface area contributed by atoms with Crippen LogP contribution in [0.1, 0.15) is 73.4 Å². The second kappa shape index (κ2) is 7.82. The van der Waals surface area contributed by atoms with E-state index < -0.39 is 16.5 Å². The van der Waals surface area contributed by atoms with Crippen LogP contribution in [0.25, 0.3) is 0 Å². The summed E-state index contributed by atoms with van der Waals surface area (Å²) in [5, 5.41) is 0. The van der Waals surface area contributed by atoms with E-state index in [1.807, 2.05) is 102 Å². The van der Waals surface area contributed by atoms with Gasteiger partial charge in [0.1, 0.15) is 11.5 Å². The molecular weight excluding hydrogens is 400 g/mol. The van der Waals surface area contributed by atoms with Crippen molar-refractivity contribution in [2.45, 2.75) is 58.0 Å². The van der Waals surface area contributed by atoms with Gasteiger partial charge in [-0.05, 0) is 92.3 Å². The minimum Gasteiger partial charge on any atom is -0.457 e. The molecule has 1 aliphatic heterocycles. The van der Waals surface area contributed by atoms with Crippen LogP contribution in [0, 0.1) is 0 Å². The number of carbonyl (C=O) groups excluding carboxylic acids is 2. The van der Waals surface area contributed by atoms with E-state index in [1.54, 1.807) is 0 Å². The fraction of sp³-hybridized carbons (Fsp3) is 0.481. The van der Waals surface area contributed by atoms with Gasteiger partial charge in [-0.1, -0.05) is 13.8 Å². The summed E-state index contributed by atoms with van der Waals surface area (Å²) in [6.45, 7) is 11.9. The van der Waals surface area contributed by atoms with Gasteiger partial charge < -0.3 is 4.74 Å². The quantitative estimate of drug-likeness (QED) is 0.585. The van der Waals surface area contributed by atoms with Crippen LogP contribution in [0.5, 0.6) is 11.5 Å². The third-order valence-electron chi connectivity index (χ3n) is 7.40. The fourth-order valence-electron chi connectivity index (χ4n) is 3.87. The Hall–Kier alpha value is -2.50. The topological polar surface area (TPSA) is 49.9 Å². The maximum absolute atomic E-state index is 13.2. The number of Topliss-reactive ketones (excluding diaryl/α,β-unsaturated/α-hetero) is 2. The highest BCUT2D eigenvalue weighted by Crippen LogP contribution is 2.48. The number of likely N-dealkylation sites (N-methyl/N-ethyl adjacent to an activating group) is 2. The van der Waals surface area contributed by atoms with Crippen LogP contribution in [0.4, 0.5) is 0 Å². The van der Waals surface area contributed by atoms with Crippen molar-refractivity contribution in [1.82, 2.24) is 9.80 Å². The first-order valence-corrected chi connectivity index (χ1v) is 11.0. The fourth-order valence-corrected chi connectivity index (χ4v) is 3.87. The molecule has 0 N–H and O–H groups in total. The maximum atomic E-state index is 13.2. The number of hydrogen-bond acceptors (Lipinski definition) is 5. The molecule has 3 rings (SSSR count). The second-order valence-electron chi connectivity index (χ2n) is 10.7. The highest BCUT2D eigenvalue weighted by atomic mass is 16.5. The van der Waals surface area contributed by atoms with Gasteiger partial charge in [-0.3, -0.25) is 19.4 Å². The molecule has 0 aromatic heterocycles. The van der Waals surface area contributed by atoms with Crippen molar-refractivity contribution in [3.8, 4) is 11.5 Å². The third-order valence-corrected chi connectivity index (χ3v) is 7.40. The Morgan fingerprint density at radius 3 is 1.38 bits per heavy atom. The molecule has 0 aliphatic carbocycles. The molecule has 5 heteroatoms. The molecular formula is C27H36N2O3. The Morgan fingerprint density at radius 1 is 0.719 bits per heavy atom. The Bertz CT molecular complexity index is 995. The van der Waals surface area contributed by atoms with Crippen molar-refractivity contribution in [3.05, 3.63) is 58.7 Å². The Morgan fingerprint density at radius 2 is 1.06 bits per heavy atom. The zero-order valence-electron chi connectivity index (χ0n) is 21.1. The van der Waals surface area contributed by atoms with E-state index in [1.165, 1.54) is 0 Å². The summed E-state index contributed by atoms with van der Waals surface area (Å²) in [5.41, 5.74) is 1.53. The predicted molar refractivity (Wildman–Crippen MR) is 129 cm³/mol. The molecule has 0 saturated carbocycles. The lowest BCUT2D eigenvalue weighted by atomic mass is 9.74. The molecule has 32 heavy (non-hydrogen) atoms. The second-order valence-corrected chi connectivity index (χ2v) is 10.7. The molecule has 1 aliphatic rings. The van der Waals surface area contributed by atoms with Crippen molar-refractivity contribution in [2.24, 2.45) is 0 Å². The molecule has 5 nitrogen and oxygen atoms in total. The molecule has 0 bridgehead atoms. The van der Waals surface area contributed by atoms with Crippen molar-refractivity contribution >= 4 is 11.6 Å². The maximum Gasteiger partial charge on any atom is 0.182 e. The zero-order valence-corrected chi connectivity index (χ0v) is 21.1. The van der Waals surface area contributed by atoms with E-state index in [-0.39, 0.29) is 11.6 Å². The number of nitrogens with zero attached hydrogens (tertiary/aromatic N) is 2. The first-order chi connectivity index (χ1) is 14.6. The van der Waals surface area contributed by atoms with Crippen LogP contribution in [-0.2, 0) is 5.41 Å². The van der Waals surface area contributed by atoms with E-state index in [2.05, 4.69) is 13.8 Å². The van der Waals surface area contributed by atoms with E-state index in [4.69, 9.17) is 4.74 Å². The summed E-state index contributed by atoms with van der Waals surface area (Å²) in [6.07, 6.45) is 0. The molecule has 0 unspecified atom stereocenters. The molecule has 172 valence electrons. The molecule has 0 atom stereocenters. The highest BCUT2D eigenvalue weighted by molar-refractivity contribution is 6.04. The van der Waals surface area contributed by atoms with Crippen LogP contribution in [0.15, 0.2) is 36.4 Å². The number of ketones is 2. The van der Waals surface area contributed by atoms with Crippen molar-refractivity contribution in [3.63, 3.8) is 0 Å². The minimum absolute atomic E-state index is 0.0588. The molecule has 0 radical (unpaired) electrons. The van der Waals surface area contributed by atoms with E-state index in [0.717, 1.165) is 22.6 Å². The molecule has 0 saturated heterocycles.